The molecule has 1 aromatic carbocycles. The van der Waals surface area contributed by atoms with E-state index in [9.17, 15) is 5.11 Å². The molecule has 3 heterocycles. The van der Waals surface area contributed by atoms with Gasteiger partial charge in [0.15, 0.2) is 5.82 Å². The Kier molecular flexibility index (Phi) is 4.04. The molecule has 5 heteroatoms. The van der Waals surface area contributed by atoms with Crippen molar-refractivity contribution in [3.05, 3.63) is 64.3 Å². The maximum atomic E-state index is 10.1. The number of hydrogen-bond donors (Lipinski definition) is 1. The van der Waals surface area contributed by atoms with Crippen molar-refractivity contribution in [2.45, 2.75) is 26.4 Å². The molecule has 0 spiro atoms. The number of aryl methyl sites for hydroxylation is 1. The molecule has 0 amide bonds. The van der Waals surface area contributed by atoms with Gasteiger partial charge in [-0.15, -0.1) is 11.3 Å². The van der Waals surface area contributed by atoms with Crippen LogP contribution in [0.2, 0.25) is 0 Å². The molecule has 2 aromatic heterocycles. The summed E-state index contributed by atoms with van der Waals surface area (Å²) in [4.78, 5) is 12.7. The number of aromatic nitrogens is 2. The lowest BCUT2D eigenvalue weighted by atomic mass is 10.0. The summed E-state index contributed by atoms with van der Waals surface area (Å²) in [5.41, 5.74) is 4.49. The zero-order valence-corrected chi connectivity index (χ0v) is 14.4. The Morgan fingerprint density at radius 2 is 2.21 bits per heavy atom. The van der Waals surface area contributed by atoms with Gasteiger partial charge in [-0.1, -0.05) is 23.8 Å². The first-order chi connectivity index (χ1) is 11.7. The maximum Gasteiger partial charge on any atom is 0.169 e. The molecule has 0 saturated heterocycles. The molecule has 0 atom stereocenters. The van der Waals surface area contributed by atoms with E-state index in [-0.39, 0.29) is 0 Å². The molecule has 0 radical (unpaired) electrons. The summed E-state index contributed by atoms with van der Waals surface area (Å²) in [6.07, 6.45) is 2.88. The highest BCUT2D eigenvalue weighted by Gasteiger charge is 2.20. The molecule has 1 aliphatic rings. The van der Waals surface area contributed by atoms with Crippen molar-refractivity contribution in [3.8, 4) is 16.5 Å². The number of hydrogen-bond acceptors (Lipinski definition) is 5. The smallest absolute Gasteiger partial charge is 0.169 e. The molecule has 0 aliphatic carbocycles. The SMILES string of the molecule is Cc1ccc(O)c(CN2CCc3nc(-c4cccs4)ncc3C2)c1. The molecule has 4 nitrogen and oxygen atoms in total. The van der Waals surface area contributed by atoms with Gasteiger partial charge >= 0.3 is 0 Å². The molecule has 0 bridgehead atoms. The van der Waals surface area contributed by atoms with Crippen LogP contribution in [0.25, 0.3) is 10.7 Å². The fourth-order valence-corrected chi connectivity index (χ4v) is 3.78. The summed E-state index contributed by atoms with van der Waals surface area (Å²) in [5, 5.41) is 12.1. The predicted molar refractivity (Wildman–Crippen MR) is 96.0 cm³/mol. The van der Waals surface area contributed by atoms with Crippen LogP contribution >= 0.6 is 11.3 Å². The Hall–Kier alpha value is -2.24. The van der Waals surface area contributed by atoms with Crippen LogP contribution in [0.4, 0.5) is 0 Å². The van der Waals surface area contributed by atoms with E-state index in [0.29, 0.717) is 5.75 Å². The van der Waals surface area contributed by atoms with Crippen LogP contribution in [0, 0.1) is 6.92 Å². The zero-order chi connectivity index (χ0) is 16.5. The van der Waals surface area contributed by atoms with Gasteiger partial charge in [-0.05, 0) is 24.4 Å². The van der Waals surface area contributed by atoms with Gasteiger partial charge in [0, 0.05) is 43.4 Å². The highest BCUT2D eigenvalue weighted by Crippen LogP contribution is 2.26. The van der Waals surface area contributed by atoms with Gasteiger partial charge in [0.05, 0.1) is 10.6 Å². The summed E-state index contributed by atoms with van der Waals surface area (Å²) in [6, 6.07) is 9.85. The zero-order valence-electron chi connectivity index (χ0n) is 13.6. The van der Waals surface area contributed by atoms with Gasteiger partial charge in [-0.2, -0.15) is 0 Å². The van der Waals surface area contributed by atoms with Crippen LogP contribution in [-0.4, -0.2) is 26.5 Å². The summed E-state index contributed by atoms with van der Waals surface area (Å²) >= 11 is 1.67. The van der Waals surface area contributed by atoms with Gasteiger partial charge in [0.1, 0.15) is 5.75 Å². The van der Waals surface area contributed by atoms with Gasteiger partial charge in [0.25, 0.3) is 0 Å². The second kappa shape index (κ2) is 6.34. The first-order valence-electron chi connectivity index (χ1n) is 8.08. The van der Waals surface area contributed by atoms with E-state index >= 15 is 0 Å². The van der Waals surface area contributed by atoms with E-state index in [1.807, 2.05) is 30.6 Å². The summed E-state index contributed by atoms with van der Waals surface area (Å²) in [5.74, 6) is 1.20. The average molecular weight is 337 g/mol. The Morgan fingerprint density at radius 1 is 1.29 bits per heavy atom. The van der Waals surface area contributed by atoms with Crippen LogP contribution in [-0.2, 0) is 19.5 Å². The first kappa shape index (κ1) is 15.3. The van der Waals surface area contributed by atoms with Gasteiger partial charge < -0.3 is 5.11 Å². The Labute approximate surface area is 145 Å². The number of rotatable bonds is 3. The van der Waals surface area contributed by atoms with Gasteiger partial charge in [-0.3, -0.25) is 4.90 Å². The van der Waals surface area contributed by atoms with Crippen molar-refractivity contribution in [1.82, 2.24) is 14.9 Å². The second-order valence-corrected chi connectivity index (χ2v) is 7.18. The van der Waals surface area contributed by atoms with E-state index in [4.69, 9.17) is 4.98 Å². The lowest BCUT2D eigenvalue weighted by molar-refractivity contribution is 0.240. The van der Waals surface area contributed by atoms with E-state index < -0.39 is 0 Å². The maximum absolute atomic E-state index is 10.1. The van der Waals surface area contributed by atoms with Crippen LogP contribution in [0.3, 0.4) is 0 Å². The monoisotopic (exact) mass is 337 g/mol. The number of fused-ring (bicyclic) bond motifs is 1. The highest BCUT2D eigenvalue weighted by molar-refractivity contribution is 7.13. The minimum atomic E-state index is 0.371. The van der Waals surface area contributed by atoms with E-state index in [0.717, 1.165) is 48.0 Å². The van der Waals surface area contributed by atoms with Crippen molar-refractivity contribution >= 4 is 11.3 Å². The number of thiophene rings is 1. The van der Waals surface area contributed by atoms with Crippen molar-refractivity contribution < 1.29 is 5.11 Å². The molecule has 1 N–H and O–H groups in total. The largest absolute Gasteiger partial charge is 0.508 e. The lowest BCUT2D eigenvalue weighted by Gasteiger charge is -2.28. The van der Waals surface area contributed by atoms with Crippen molar-refractivity contribution in [1.29, 1.82) is 0 Å². The molecule has 0 saturated carbocycles. The number of phenolic OH excluding ortho intramolecular Hbond substituents is 1. The topological polar surface area (TPSA) is 49.2 Å². The van der Waals surface area contributed by atoms with Gasteiger partial charge in [0.2, 0.25) is 0 Å². The predicted octanol–water partition coefficient (Wildman–Crippen LogP) is 3.78. The molecule has 24 heavy (non-hydrogen) atoms. The second-order valence-electron chi connectivity index (χ2n) is 6.24. The Balaban J connectivity index is 1.53. The Morgan fingerprint density at radius 3 is 3.04 bits per heavy atom. The lowest BCUT2D eigenvalue weighted by Crippen LogP contribution is -2.31. The average Bonchev–Trinajstić information content (AvgIpc) is 3.12. The van der Waals surface area contributed by atoms with Crippen LogP contribution < -0.4 is 0 Å². The third kappa shape index (κ3) is 3.05. The molecule has 4 rings (SSSR count). The van der Waals surface area contributed by atoms with Crippen molar-refractivity contribution in [2.75, 3.05) is 6.54 Å². The van der Waals surface area contributed by atoms with E-state index in [1.54, 1.807) is 17.4 Å². The summed E-state index contributed by atoms with van der Waals surface area (Å²) < 4.78 is 0. The third-order valence-electron chi connectivity index (χ3n) is 4.38. The highest BCUT2D eigenvalue weighted by atomic mass is 32.1. The molecule has 3 aromatic rings. The quantitative estimate of drug-likeness (QED) is 0.790. The Bertz CT molecular complexity index is 861. The summed E-state index contributed by atoms with van der Waals surface area (Å²) in [6.45, 7) is 4.57. The number of phenols is 1. The first-order valence-corrected chi connectivity index (χ1v) is 8.96. The van der Waals surface area contributed by atoms with E-state index in [1.165, 1.54) is 11.1 Å². The minimum absolute atomic E-state index is 0.371. The van der Waals surface area contributed by atoms with Crippen LogP contribution in [0.5, 0.6) is 5.75 Å². The number of aromatic hydroxyl groups is 1. The normalized spacial score (nSPS) is 14.5. The molecule has 122 valence electrons. The van der Waals surface area contributed by atoms with Crippen molar-refractivity contribution in [2.24, 2.45) is 0 Å². The van der Waals surface area contributed by atoms with Crippen molar-refractivity contribution in [3.63, 3.8) is 0 Å². The molecular weight excluding hydrogens is 318 g/mol. The van der Waals surface area contributed by atoms with E-state index in [2.05, 4.69) is 22.0 Å². The van der Waals surface area contributed by atoms with Crippen LogP contribution in [0.15, 0.2) is 41.9 Å². The number of benzene rings is 1. The summed E-state index contributed by atoms with van der Waals surface area (Å²) in [7, 11) is 0. The molecule has 1 aliphatic heterocycles. The molecule has 0 unspecified atom stereocenters. The third-order valence-corrected chi connectivity index (χ3v) is 5.25. The number of nitrogens with zero attached hydrogens (tertiary/aromatic N) is 3. The fourth-order valence-electron chi connectivity index (χ4n) is 3.12. The van der Waals surface area contributed by atoms with Crippen LogP contribution in [0.1, 0.15) is 22.4 Å². The molecular formula is C19H19N3OS. The standard InChI is InChI=1S/C19H19N3OS/c1-13-4-5-17(23)14(9-13)11-22-7-6-16-15(12-22)10-20-19(21-16)18-3-2-8-24-18/h2-5,8-10,23H,6-7,11-12H2,1H3. The van der Waals surface area contributed by atoms with Gasteiger partial charge in [-0.25, -0.2) is 9.97 Å². The minimum Gasteiger partial charge on any atom is -0.508 e. The fraction of sp³-hybridized carbons (Fsp3) is 0.263. The molecule has 0 fully saturated rings.